The number of hydrogen-bond donors (Lipinski definition) is 9. The highest BCUT2D eigenvalue weighted by molar-refractivity contribution is 8.09. The number of nitrogens with two attached hydrogens (primary N) is 1. The predicted octanol–water partition coefficient (Wildman–Crippen LogP) is 7.75. The van der Waals surface area contributed by atoms with Crippen LogP contribution >= 0.6 is 10.7 Å². The highest BCUT2D eigenvalue weighted by Gasteiger charge is 2.52. The Morgan fingerprint density at radius 2 is 0.909 bits per heavy atom. The van der Waals surface area contributed by atoms with Gasteiger partial charge in [0.2, 0.25) is 0 Å². The third-order valence-electron chi connectivity index (χ3n) is 20.2. The standard InChI is InChI=1S/C19H24N2O7S2.C19H24N2O4S.C19H24N2O.ClHO3S.H3NO3S/c1-2-12-7-11-8-16-18(12)20(10-11)6-5-14-15-9-13(28-30(25,26)27)3-4-17(15)21(19(14)16)29(22,23)24;1-2-12-7-11-8-16-18-14(5-6-21(10-11)19(12)16)15-9-13(25-26(22,23)24)3-4-17(15)20-18;1-2-12-7-11-8-16-18-14(5-6-21(10-11)19(12)16)15-9-13(22)3-4-17(15)20-18;2*1-5(2,3)4/h3-4,9,11-12,16,18H,2,5-8,10H2,1H3,(H,22,23,24)(H,25,26,27);3-4,9,11-12,16,19-20H,2,5-8,10H2,1H3,(H,22,23,24);3-4,9,11-12,16,19-20,22H,2,5-8,10H2,1H3;(H,2,3,4);(H3,1,2,3,4)/t11-,12-,16+,18?;2*11-,12-,16-,19?;;/m000../s1. The summed E-state index contributed by atoms with van der Waals surface area (Å²) in [5.41, 5.74) is 9.47. The Hall–Kier alpha value is -4.64. The number of hydrogen-bond acceptors (Lipinski definition) is 16. The molecule has 31 heteroatoms. The van der Waals surface area contributed by atoms with Crippen molar-refractivity contribution in [1.29, 1.82) is 0 Å². The molecule has 88 heavy (non-hydrogen) atoms. The molecule has 12 bridgehead atoms. The molecule has 6 aromatic rings. The van der Waals surface area contributed by atoms with E-state index in [1.54, 1.807) is 18.2 Å². The molecule has 3 aromatic carbocycles. The van der Waals surface area contributed by atoms with E-state index in [2.05, 4.69) is 69.6 Å². The number of phenolic OH excluding ortho intramolecular Hbond substituents is 1. The van der Waals surface area contributed by atoms with E-state index in [0.717, 1.165) is 102 Å². The monoisotopic (exact) mass is 1340 g/mol. The number of H-pyrrole nitrogens is 2. The molecule has 484 valence electrons. The van der Waals surface area contributed by atoms with Crippen LogP contribution < -0.4 is 13.5 Å². The first-order valence-electron chi connectivity index (χ1n) is 29.8. The molecule has 0 radical (unpaired) electrons. The Balaban J connectivity index is 0.000000127. The van der Waals surface area contributed by atoms with Gasteiger partial charge in [0, 0.05) is 130 Å². The Morgan fingerprint density at radius 1 is 0.534 bits per heavy atom. The number of halogens is 1. The van der Waals surface area contributed by atoms with Crippen LogP contribution in [-0.2, 0) is 70.0 Å². The van der Waals surface area contributed by atoms with Gasteiger partial charge in [-0.05, 0) is 165 Å². The molecule has 3 saturated carbocycles. The average Bonchev–Trinajstić information content (AvgIpc) is 1.59. The number of nitrogens with zero attached hydrogens (tertiary/aromatic N) is 4. The molecular formula is C57H76ClN7O18S5. The van der Waals surface area contributed by atoms with Crippen LogP contribution in [0.3, 0.4) is 0 Å². The summed E-state index contributed by atoms with van der Waals surface area (Å²) in [4.78, 5) is 15.3. The first-order valence-corrected chi connectivity index (χ1v) is 37.7. The summed E-state index contributed by atoms with van der Waals surface area (Å²) in [6.45, 7) is 13.4. The second-order valence-electron chi connectivity index (χ2n) is 25.2. The minimum absolute atomic E-state index is 0.0276. The molecule has 3 aliphatic carbocycles. The van der Waals surface area contributed by atoms with Crippen molar-refractivity contribution in [3.8, 4) is 17.2 Å². The number of fused-ring (bicyclic) bond motifs is 12. The fraction of sp³-hybridized carbons (Fsp3) is 0.579. The first-order chi connectivity index (χ1) is 41.2. The van der Waals surface area contributed by atoms with E-state index in [4.69, 9.17) is 35.0 Å². The summed E-state index contributed by atoms with van der Waals surface area (Å²) < 4.78 is 158. The van der Waals surface area contributed by atoms with Crippen LogP contribution in [0.4, 0.5) is 0 Å². The summed E-state index contributed by atoms with van der Waals surface area (Å²) in [5, 5.41) is 16.5. The third-order valence-corrected chi connectivity index (χ3v) is 21.9. The second kappa shape index (κ2) is 24.4. The molecule has 0 amide bonds. The highest BCUT2D eigenvalue weighted by Crippen LogP contribution is 2.55. The number of benzene rings is 3. The average molecular weight is 1340 g/mol. The van der Waals surface area contributed by atoms with Crippen LogP contribution in [0, 0.1) is 35.5 Å². The molecule has 0 spiro atoms. The summed E-state index contributed by atoms with van der Waals surface area (Å²) in [6.07, 6.45) is 13.6. The van der Waals surface area contributed by atoms with E-state index in [1.807, 2.05) is 18.2 Å². The van der Waals surface area contributed by atoms with Gasteiger partial charge in [0.25, 0.3) is 0 Å². The van der Waals surface area contributed by atoms with E-state index in [9.17, 15) is 34.9 Å². The van der Waals surface area contributed by atoms with Crippen molar-refractivity contribution in [3.05, 3.63) is 88.4 Å². The van der Waals surface area contributed by atoms with E-state index in [0.29, 0.717) is 53.0 Å². The highest BCUT2D eigenvalue weighted by atomic mass is 35.7. The summed E-state index contributed by atoms with van der Waals surface area (Å²) in [5.74, 6) is 5.86. The van der Waals surface area contributed by atoms with Crippen molar-refractivity contribution in [2.45, 2.75) is 134 Å². The summed E-state index contributed by atoms with van der Waals surface area (Å²) in [6, 6.07) is 16.6. The Morgan fingerprint density at radius 3 is 1.33 bits per heavy atom. The fourth-order valence-corrected chi connectivity index (χ4v) is 19.3. The number of nitrogens with one attached hydrogen (secondary N) is 2. The molecule has 3 aromatic heterocycles. The minimum Gasteiger partial charge on any atom is -0.508 e. The van der Waals surface area contributed by atoms with Crippen molar-refractivity contribution in [1.82, 2.24) is 28.6 Å². The lowest BCUT2D eigenvalue weighted by atomic mass is 9.65. The molecule has 6 unspecified atom stereocenters. The summed E-state index contributed by atoms with van der Waals surface area (Å²) in [7, 11) is -18.1. The normalized spacial score (nSPS) is 30.7. The van der Waals surface area contributed by atoms with Gasteiger partial charge >= 0.3 is 50.7 Å². The van der Waals surface area contributed by atoms with Crippen LogP contribution in [-0.4, -0.2) is 156 Å². The maximum absolute atomic E-state index is 12.5. The summed E-state index contributed by atoms with van der Waals surface area (Å²) >= 11 is 0. The van der Waals surface area contributed by atoms with E-state index < -0.39 is 50.7 Å². The van der Waals surface area contributed by atoms with Crippen molar-refractivity contribution < 1.29 is 78.3 Å². The van der Waals surface area contributed by atoms with Gasteiger partial charge in [-0.2, -0.15) is 42.1 Å². The molecular weight excluding hydrogens is 1270 g/mol. The second-order valence-corrected chi connectivity index (χ2v) is 31.6. The molecule has 12 heterocycles. The third kappa shape index (κ3) is 13.8. The Bertz CT molecular complexity index is 4190. The van der Waals surface area contributed by atoms with Crippen LogP contribution in [0.15, 0.2) is 54.6 Å². The van der Waals surface area contributed by atoms with Gasteiger partial charge in [-0.25, -0.2) is 9.11 Å². The lowest BCUT2D eigenvalue weighted by molar-refractivity contribution is -0.0137. The largest absolute Gasteiger partial charge is 0.508 e. The first kappa shape index (κ1) is 64.9. The topological polar surface area (TPSA) is 383 Å². The van der Waals surface area contributed by atoms with Crippen LogP contribution in [0.5, 0.6) is 17.2 Å². The molecule has 9 aliphatic heterocycles. The zero-order valence-electron chi connectivity index (χ0n) is 48.7. The maximum Gasteiger partial charge on any atom is 0.446 e. The van der Waals surface area contributed by atoms with Crippen LogP contribution in [0.25, 0.3) is 32.7 Å². The fourth-order valence-electron chi connectivity index (χ4n) is 17.7. The number of piperidine rings is 6. The lowest BCUT2D eigenvalue weighted by Crippen LogP contribution is -2.56. The van der Waals surface area contributed by atoms with Crippen molar-refractivity contribution >= 4 is 94.1 Å². The number of rotatable bonds is 8. The Labute approximate surface area is 517 Å². The number of aromatic hydroxyl groups is 1. The van der Waals surface area contributed by atoms with E-state index in [-0.39, 0.29) is 29.0 Å². The van der Waals surface area contributed by atoms with Crippen molar-refractivity contribution in [2.24, 2.45) is 40.6 Å². The van der Waals surface area contributed by atoms with Gasteiger partial charge in [-0.1, -0.05) is 40.0 Å². The van der Waals surface area contributed by atoms with Gasteiger partial charge < -0.3 is 23.4 Å². The smallest absolute Gasteiger partial charge is 0.446 e. The van der Waals surface area contributed by atoms with E-state index in [1.165, 1.54) is 110 Å². The molecule has 6 saturated heterocycles. The maximum atomic E-state index is 12.5. The molecule has 15 atom stereocenters. The molecule has 18 rings (SSSR count). The SMILES string of the molecule is CC[C@H]1C[C@H]2C[C@H]3c4[nH]c5ccc(O)cc5c4CCN(C2)C13.CC[C@H]1C[C@H]2C[C@H]3c4[nH]c5ccc(OS(=O)(=O)O)cc5c4CCN(C2)C13.CC[C@H]1C[C@H]2C[C@H]3c4c(c5cc(OS(=O)(=O)O)ccc5n4S(=O)(=O)O)CCN(C2)C13.NS(=O)(=O)O.O=S(=O)(O)Cl. The minimum atomic E-state index is -4.71. The number of phenols is 1. The van der Waals surface area contributed by atoms with Gasteiger partial charge in [-0.15, -0.1) is 0 Å². The van der Waals surface area contributed by atoms with Gasteiger partial charge in [0.15, 0.2) is 0 Å². The van der Waals surface area contributed by atoms with Crippen molar-refractivity contribution in [2.75, 3.05) is 39.3 Å². The van der Waals surface area contributed by atoms with Crippen LogP contribution in [0.2, 0.25) is 0 Å². The molecule has 12 aliphatic rings. The molecule has 10 N–H and O–H groups in total. The zero-order valence-corrected chi connectivity index (χ0v) is 53.6. The van der Waals surface area contributed by atoms with Crippen LogP contribution in [0.1, 0.15) is 130 Å². The Kier molecular flexibility index (Phi) is 18.0. The van der Waals surface area contributed by atoms with E-state index >= 15 is 0 Å². The van der Waals surface area contributed by atoms with Crippen molar-refractivity contribution in [3.63, 3.8) is 0 Å². The molecule has 25 nitrogen and oxygen atoms in total. The van der Waals surface area contributed by atoms with Gasteiger partial charge in [-0.3, -0.25) is 37.5 Å². The van der Waals surface area contributed by atoms with Gasteiger partial charge in [0.1, 0.15) is 17.2 Å². The predicted molar refractivity (Wildman–Crippen MR) is 330 cm³/mol. The van der Waals surface area contributed by atoms with Gasteiger partial charge in [0.05, 0.1) is 5.52 Å². The number of aromatic amines is 2. The number of aromatic nitrogens is 3. The molecule has 9 fully saturated rings. The zero-order chi connectivity index (χ0) is 63.3. The lowest BCUT2D eigenvalue weighted by Gasteiger charge is -2.53. The quantitative estimate of drug-likeness (QED) is 0.0519.